The third-order valence-corrected chi connectivity index (χ3v) is 16.4. The van der Waals surface area contributed by atoms with E-state index in [1.807, 2.05) is 91.0 Å². The Labute approximate surface area is 394 Å². The number of hydrogen-bond acceptors (Lipinski definition) is 9. The molecule has 7 aromatic rings. The Balaban J connectivity index is 0.00000456. The third kappa shape index (κ3) is 6.30. The molecule has 0 amide bonds. The van der Waals surface area contributed by atoms with Crippen molar-refractivity contribution in [2.75, 3.05) is 0 Å². The number of hydrogen-bond donors (Lipinski definition) is 2. The zero-order valence-electron chi connectivity index (χ0n) is 37.2. The molecule has 3 fully saturated rings. The minimum Gasteiger partial charge on any atom is -0.462 e. The molecule has 324 valence electrons. The summed E-state index contributed by atoms with van der Waals surface area (Å²) in [7, 11) is 0. The fourth-order valence-corrected chi connectivity index (χ4v) is 13.1. The summed E-state index contributed by atoms with van der Waals surface area (Å²) in [6, 6.07) is 30.3. The van der Waals surface area contributed by atoms with Crippen molar-refractivity contribution >= 4 is 55.9 Å². The number of ketones is 1. The molecule has 8 bridgehead atoms. The van der Waals surface area contributed by atoms with Crippen LogP contribution in [0.2, 0.25) is 0 Å². The van der Waals surface area contributed by atoms with Crippen LogP contribution < -0.4 is 0 Å². The molecule has 0 radical (unpaired) electrons. The Morgan fingerprint density at radius 2 is 1.18 bits per heavy atom. The van der Waals surface area contributed by atoms with Gasteiger partial charge in [0.15, 0.2) is 29.1 Å². The molecule has 0 saturated heterocycles. The van der Waals surface area contributed by atoms with Crippen molar-refractivity contribution in [1.29, 1.82) is 0 Å². The van der Waals surface area contributed by atoms with Crippen molar-refractivity contribution in [1.82, 2.24) is 39.9 Å². The molecule has 0 spiro atoms. The molecule has 5 heterocycles. The zero-order valence-corrected chi connectivity index (χ0v) is 40.2. The number of fused-ring (bicyclic) bond motifs is 25. The second kappa shape index (κ2) is 15.4. The molecule has 6 aliphatic rings. The first-order valence-corrected chi connectivity index (χ1v) is 23.4. The topological polar surface area (TPSA) is 152 Å². The summed E-state index contributed by atoms with van der Waals surface area (Å²) in [5.74, 6) is 4.05. The number of carbonyl (C=O) groups excluding carboxylic acids is 2. The number of allylic oxidation sites excluding steroid dienone is 1. The maximum Gasteiger partial charge on any atom is 0.306 e. The molecule has 4 aromatic carbocycles. The van der Waals surface area contributed by atoms with Gasteiger partial charge in [0.2, 0.25) is 0 Å². The summed E-state index contributed by atoms with van der Waals surface area (Å²) in [6.45, 7) is 4.82. The van der Waals surface area contributed by atoms with Gasteiger partial charge in [-0.1, -0.05) is 110 Å². The summed E-state index contributed by atoms with van der Waals surface area (Å²) in [4.78, 5) is 64.3. The molecule has 66 heavy (non-hydrogen) atoms. The number of aromatic nitrogens is 8. The molecular formula is C54H48N8O3Zn. The average molecular weight is 922 g/mol. The van der Waals surface area contributed by atoms with Gasteiger partial charge in [0, 0.05) is 81.5 Å². The van der Waals surface area contributed by atoms with Gasteiger partial charge in [-0.2, -0.15) is 0 Å². The van der Waals surface area contributed by atoms with Gasteiger partial charge < -0.3 is 14.7 Å². The van der Waals surface area contributed by atoms with Gasteiger partial charge in [-0.15, -0.1) is 0 Å². The van der Waals surface area contributed by atoms with Crippen LogP contribution in [0.15, 0.2) is 103 Å². The van der Waals surface area contributed by atoms with Crippen LogP contribution in [-0.2, 0) is 40.2 Å². The van der Waals surface area contributed by atoms with Crippen molar-refractivity contribution in [3.63, 3.8) is 0 Å². The summed E-state index contributed by atoms with van der Waals surface area (Å²) < 4.78 is 6.54. The van der Waals surface area contributed by atoms with Crippen LogP contribution in [0, 0.1) is 28.6 Å². The number of rotatable bonds is 4. The van der Waals surface area contributed by atoms with E-state index in [0.717, 1.165) is 94.3 Å². The van der Waals surface area contributed by atoms with Crippen LogP contribution in [0.1, 0.15) is 77.2 Å². The molecule has 6 atom stereocenters. The second-order valence-electron chi connectivity index (χ2n) is 19.7. The Bertz CT molecular complexity index is 3410. The predicted molar refractivity (Wildman–Crippen MR) is 251 cm³/mol. The van der Waals surface area contributed by atoms with E-state index in [0.29, 0.717) is 82.3 Å². The number of ether oxygens (including phenoxy) is 1. The largest absolute Gasteiger partial charge is 0.462 e. The number of H-pyrrole nitrogens is 2. The number of benzene rings is 4. The Hall–Kier alpha value is -6.26. The van der Waals surface area contributed by atoms with Crippen LogP contribution in [0.3, 0.4) is 0 Å². The van der Waals surface area contributed by atoms with Crippen molar-refractivity contribution in [3.05, 3.63) is 108 Å². The van der Waals surface area contributed by atoms with Gasteiger partial charge in [-0.3, -0.25) is 9.59 Å². The van der Waals surface area contributed by atoms with Gasteiger partial charge >= 0.3 is 5.97 Å². The average Bonchev–Trinajstić information content (AvgIpc) is 4.12. The zero-order chi connectivity index (χ0) is 43.6. The van der Waals surface area contributed by atoms with Gasteiger partial charge in [-0.05, 0) is 86.2 Å². The number of aromatic amines is 2. The number of carbonyl (C=O) groups is 2. The number of aryl methyl sites for hydroxylation is 1. The number of nitrogens with one attached hydrogen (secondary N) is 2. The van der Waals surface area contributed by atoms with Crippen molar-refractivity contribution in [2.45, 2.75) is 84.2 Å². The predicted octanol–water partition coefficient (Wildman–Crippen LogP) is 11.2. The fraction of sp³-hybridized carbons (Fsp3) is 0.333. The molecule has 13 rings (SSSR count). The maximum atomic E-state index is 14.0. The Morgan fingerprint density at radius 3 is 1.82 bits per heavy atom. The summed E-state index contributed by atoms with van der Waals surface area (Å²) in [6.07, 6.45) is 10.6. The van der Waals surface area contributed by atoms with E-state index >= 15 is 0 Å². The molecule has 4 aliphatic carbocycles. The first-order valence-electron chi connectivity index (χ1n) is 23.4. The minimum atomic E-state index is -0.161. The number of nitrogens with zero attached hydrogens (tertiary/aromatic N) is 6. The van der Waals surface area contributed by atoms with Crippen LogP contribution in [0.4, 0.5) is 0 Å². The Morgan fingerprint density at radius 1 is 0.621 bits per heavy atom. The first kappa shape index (κ1) is 41.2. The molecule has 2 aliphatic heterocycles. The summed E-state index contributed by atoms with van der Waals surface area (Å²) >= 11 is 0. The minimum absolute atomic E-state index is 0. The van der Waals surface area contributed by atoms with Gasteiger partial charge in [0.1, 0.15) is 28.7 Å². The first-order chi connectivity index (χ1) is 31.7. The van der Waals surface area contributed by atoms with E-state index < -0.39 is 0 Å². The van der Waals surface area contributed by atoms with Crippen molar-refractivity contribution in [3.8, 4) is 45.6 Å². The molecule has 2 N–H and O–H groups in total. The SMILES string of the molecule is C[C@]12CC[C@H]3[C@@H](CCC4=CC(=O)CC[C@@]43C)[C@@H]1CC[C@@H]2OC(=O)CCc1cccc2c3nc4nc(nc5[nH]c(nc6nc(nc([nH]3)c12)-c1ccccc1-6)c1ccccc51)-c1ccccc1-4.[Zn]. The molecule has 0 unspecified atom stereocenters. The summed E-state index contributed by atoms with van der Waals surface area (Å²) in [5.41, 5.74) is 8.47. The van der Waals surface area contributed by atoms with Gasteiger partial charge in [0.25, 0.3) is 0 Å². The molecule has 3 aromatic heterocycles. The van der Waals surface area contributed by atoms with Gasteiger partial charge in [0.05, 0.1) is 0 Å². The van der Waals surface area contributed by atoms with E-state index in [9.17, 15) is 9.59 Å². The van der Waals surface area contributed by atoms with Crippen molar-refractivity contribution < 1.29 is 33.8 Å². The third-order valence-electron chi connectivity index (χ3n) is 16.4. The van der Waals surface area contributed by atoms with Crippen molar-refractivity contribution in [2.24, 2.45) is 28.6 Å². The van der Waals surface area contributed by atoms with Gasteiger partial charge in [-0.25, -0.2) is 29.9 Å². The van der Waals surface area contributed by atoms with Crippen LogP contribution in [0.25, 0.3) is 89.7 Å². The Kier molecular flexibility index (Phi) is 9.62. The van der Waals surface area contributed by atoms with E-state index in [2.05, 4.69) is 29.9 Å². The molecule has 11 nitrogen and oxygen atoms in total. The monoisotopic (exact) mass is 920 g/mol. The van der Waals surface area contributed by atoms with Crippen LogP contribution in [0.5, 0.6) is 0 Å². The summed E-state index contributed by atoms with van der Waals surface area (Å²) in [5, 5.41) is 3.60. The van der Waals surface area contributed by atoms with Crippen LogP contribution >= 0.6 is 0 Å². The smallest absolute Gasteiger partial charge is 0.306 e. The van der Waals surface area contributed by atoms with E-state index in [4.69, 9.17) is 34.6 Å². The molecule has 12 heteroatoms. The molecule has 3 saturated carbocycles. The quantitative estimate of drug-likeness (QED) is 0.130. The second-order valence-corrected chi connectivity index (χ2v) is 19.7. The normalized spacial score (nSPS) is 24.9. The van der Waals surface area contributed by atoms with E-state index in [1.54, 1.807) is 0 Å². The fourth-order valence-electron chi connectivity index (χ4n) is 13.1. The maximum absolute atomic E-state index is 14.0. The van der Waals surface area contributed by atoms with E-state index in [1.165, 1.54) is 5.57 Å². The van der Waals surface area contributed by atoms with Crippen LogP contribution in [-0.4, -0.2) is 57.7 Å². The standard InChI is InChI=1S/C54H48N8O3.Zn/c1-53-26-24-31(63)28-30(53)19-20-38-40-21-22-42(54(40,2)27-25-41(38)53)65-43(64)23-18-29-10-9-17-39-44(29)52-61-50-37-16-8-7-15-36(37)48(59-50)57-46-33-12-4-3-11-32(33)45(55-46)56-47-34-13-5-6-14-35(34)49(58-47)60-51(39)62-52;/h3-17,28,38,40-42H,18-27H2,1-2H3,(H2,55,56,57,58,59,60,61,62);/t38-,40-,41-,42-,53-,54-;/m0./s1. The molecular weight excluding hydrogens is 874 g/mol. The van der Waals surface area contributed by atoms with E-state index in [-0.39, 0.29) is 48.8 Å². The number of esters is 1.